The predicted molar refractivity (Wildman–Crippen MR) is 71.4 cm³/mol. The molecular weight excluding hydrogens is 198 g/mol. The largest absolute Gasteiger partial charge is 0.391 e. The Morgan fingerprint density at radius 2 is 1.69 bits per heavy atom. The smallest absolute Gasteiger partial charge is 0.0722 e. The molecule has 0 amide bonds. The molecule has 0 saturated heterocycles. The fraction of sp³-hybridized carbons (Fsp3) is 0.857. The van der Waals surface area contributed by atoms with Crippen LogP contribution in [0, 0.1) is 0 Å². The molecule has 0 rings (SSSR count). The number of aliphatic hydroxyl groups is 1. The van der Waals surface area contributed by atoms with Gasteiger partial charge in [0.2, 0.25) is 0 Å². The molecule has 2 heteroatoms. The average molecular weight is 227 g/mol. The van der Waals surface area contributed by atoms with Crippen LogP contribution in [-0.4, -0.2) is 17.3 Å². The van der Waals surface area contributed by atoms with Crippen molar-refractivity contribution in [1.29, 1.82) is 0 Å². The second-order valence-electron chi connectivity index (χ2n) is 4.69. The van der Waals surface area contributed by atoms with Crippen LogP contribution in [0.25, 0.3) is 0 Å². The molecule has 0 bridgehead atoms. The van der Waals surface area contributed by atoms with Crippen molar-refractivity contribution in [3.05, 3.63) is 12.2 Å². The van der Waals surface area contributed by atoms with Gasteiger partial charge in [-0.1, -0.05) is 51.2 Å². The van der Waals surface area contributed by atoms with Crippen molar-refractivity contribution in [2.75, 3.05) is 0 Å². The maximum absolute atomic E-state index is 9.45. The van der Waals surface area contributed by atoms with Crippen molar-refractivity contribution in [1.82, 2.24) is 0 Å². The monoisotopic (exact) mass is 227 g/mol. The first-order valence-corrected chi connectivity index (χ1v) is 6.77. The summed E-state index contributed by atoms with van der Waals surface area (Å²) in [5.41, 5.74) is 5.56. The third-order valence-corrected chi connectivity index (χ3v) is 2.88. The van der Waals surface area contributed by atoms with Gasteiger partial charge in [0, 0.05) is 6.04 Å². The molecule has 0 aliphatic rings. The van der Waals surface area contributed by atoms with Gasteiger partial charge in [0.25, 0.3) is 0 Å². The van der Waals surface area contributed by atoms with Gasteiger partial charge in [-0.05, 0) is 26.2 Å². The summed E-state index contributed by atoms with van der Waals surface area (Å²) < 4.78 is 0. The van der Waals surface area contributed by atoms with Gasteiger partial charge in [0.05, 0.1) is 6.10 Å². The van der Waals surface area contributed by atoms with Gasteiger partial charge in [0.15, 0.2) is 0 Å². The lowest BCUT2D eigenvalue weighted by atomic mass is 10.1. The van der Waals surface area contributed by atoms with E-state index in [1.807, 2.05) is 6.92 Å². The van der Waals surface area contributed by atoms with E-state index < -0.39 is 0 Å². The highest BCUT2D eigenvalue weighted by Crippen LogP contribution is 2.07. The highest BCUT2D eigenvalue weighted by atomic mass is 16.3. The van der Waals surface area contributed by atoms with Crippen LogP contribution in [0.3, 0.4) is 0 Å². The van der Waals surface area contributed by atoms with Crippen LogP contribution < -0.4 is 5.73 Å². The molecule has 2 atom stereocenters. The Balaban J connectivity index is 3.21. The highest BCUT2D eigenvalue weighted by Gasteiger charge is 2.05. The first-order valence-electron chi connectivity index (χ1n) is 6.77. The van der Waals surface area contributed by atoms with E-state index in [2.05, 4.69) is 19.1 Å². The van der Waals surface area contributed by atoms with E-state index in [9.17, 15) is 5.11 Å². The topological polar surface area (TPSA) is 46.2 Å². The summed E-state index contributed by atoms with van der Waals surface area (Å²) in [7, 11) is 0. The van der Waals surface area contributed by atoms with E-state index in [0.717, 1.165) is 6.42 Å². The maximum atomic E-state index is 9.45. The standard InChI is InChI=1S/C14H29NO/c1-3-4-5-6-7-8-9-10-11-12-14(16)13(2)15/h10-11,13-14,16H,3-9,12,15H2,1-2H3/b11-10+/t13-,14-/m0/s1. The number of hydrogen-bond acceptors (Lipinski definition) is 2. The van der Waals surface area contributed by atoms with E-state index in [4.69, 9.17) is 5.73 Å². The van der Waals surface area contributed by atoms with Crippen LogP contribution in [0.5, 0.6) is 0 Å². The Labute approximate surface area is 101 Å². The van der Waals surface area contributed by atoms with Gasteiger partial charge in [-0.25, -0.2) is 0 Å². The summed E-state index contributed by atoms with van der Waals surface area (Å²) >= 11 is 0. The molecule has 0 aliphatic heterocycles. The Morgan fingerprint density at radius 1 is 1.06 bits per heavy atom. The van der Waals surface area contributed by atoms with Gasteiger partial charge >= 0.3 is 0 Å². The van der Waals surface area contributed by atoms with Crippen LogP contribution in [0.2, 0.25) is 0 Å². The molecule has 0 aromatic heterocycles. The predicted octanol–water partition coefficient (Wildman–Crippen LogP) is 3.39. The van der Waals surface area contributed by atoms with E-state index in [0.29, 0.717) is 6.42 Å². The lowest BCUT2D eigenvalue weighted by molar-refractivity contribution is 0.154. The summed E-state index contributed by atoms with van der Waals surface area (Å²) in [4.78, 5) is 0. The zero-order valence-electron chi connectivity index (χ0n) is 11.0. The number of hydrogen-bond donors (Lipinski definition) is 2. The van der Waals surface area contributed by atoms with Crippen LogP contribution in [0.15, 0.2) is 12.2 Å². The number of unbranched alkanes of at least 4 members (excludes halogenated alkanes) is 6. The molecule has 0 fully saturated rings. The first-order chi connectivity index (χ1) is 7.68. The van der Waals surface area contributed by atoms with Crippen LogP contribution >= 0.6 is 0 Å². The normalized spacial score (nSPS) is 15.5. The third-order valence-electron chi connectivity index (χ3n) is 2.88. The van der Waals surface area contributed by atoms with Crippen LogP contribution in [0.1, 0.15) is 65.2 Å². The van der Waals surface area contributed by atoms with Crippen LogP contribution in [0.4, 0.5) is 0 Å². The number of rotatable bonds is 10. The highest BCUT2D eigenvalue weighted by molar-refractivity contribution is 4.86. The molecule has 0 saturated carbocycles. The molecular formula is C14H29NO. The fourth-order valence-electron chi connectivity index (χ4n) is 1.61. The summed E-state index contributed by atoms with van der Waals surface area (Å²) in [6.45, 7) is 4.08. The Bertz CT molecular complexity index is 166. The maximum Gasteiger partial charge on any atom is 0.0722 e. The Morgan fingerprint density at radius 3 is 2.31 bits per heavy atom. The Hall–Kier alpha value is -0.340. The molecule has 2 nitrogen and oxygen atoms in total. The number of nitrogens with two attached hydrogens (primary N) is 1. The van der Waals surface area contributed by atoms with Crippen molar-refractivity contribution in [3.8, 4) is 0 Å². The molecule has 0 aromatic carbocycles. The zero-order chi connectivity index (χ0) is 12.2. The summed E-state index contributed by atoms with van der Waals surface area (Å²) in [6, 6.07) is -0.126. The third kappa shape index (κ3) is 10.2. The van der Waals surface area contributed by atoms with E-state index in [-0.39, 0.29) is 12.1 Å². The van der Waals surface area contributed by atoms with Gasteiger partial charge in [-0.15, -0.1) is 0 Å². The molecule has 0 unspecified atom stereocenters. The molecule has 0 heterocycles. The molecule has 0 aliphatic carbocycles. The SMILES string of the molecule is CCCCCCCC/C=C/C[C@H](O)[C@H](C)N. The minimum Gasteiger partial charge on any atom is -0.391 e. The summed E-state index contributed by atoms with van der Waals surface area (Å²) in [5, 5.41) is 9.45. The lowest BCUT2D eigenvalue weighted by Crippen LogP contribution is -2.30. The Kier molecular flexibility index (Phi) is 10.9. The minimum atomic E-state index is -0.388. The second-order valence-corrected chi connectivity index (χ2v) is 4.69. The molecule has 3 N–H and O–H groups in total. The average Bonchev–Trinajstić information content (AvgIpc) is 2.26. The lowest BCUT2D eigenvalue weighted by Gasteiger charge is -2.11. The van der Waals surface area contributed by atoms with Gasteiger partial charge in [0.1, 0.15) is 0 Å². The van der Waals surface area contributed by atoms with Gasteiger partial charge in [-0.3, -0.25) is 0 Å². The molecule has 96 valence electrons. The van der Waals surface area contributed by atoms with E-state index in [1.54, 1.807) is 0 Å². The van der Waals surface area contributed by atoms with E-state index in [1.165, 1.54) is 38.5 Å². The summed E-state index contributed by atoms with van der Waals surface area (Å²) in [5.74, 6) is 0. The van der Waals surface area contributed by atoms with Crippen molar-refractivity contribution >= 4 is 0 Å². The number of aliphatic hydroxyl groups excluding tert-OH is 1. The fourth-order valence-corrected chi connectivity index (χ4v) is 1.61. The van der Waals surface area contributed by atoms with Crippen LogP contribution in [-0.2, 0) is 0 Å². The quantitative estimate of drug-likeness (QED) is 0.444. The molecule has 0 aromatic rings. The van der Waals surface area contributed by atoms with Crippen molar-refractivity contribution in [3.63, 3.8) is 0 Å². The molecule has 0 radical (unpaired) electrons. The number of allylic oxidation sites excluding steroid dienone is 1. The van der Waals surface area contributed by atoms with Gasteiger partial charge in [-0.2, -0.15) is 0 Å². The second kappa shape index (κ2) is 11.2. The molecule has 0 spiro atoms. The minimum absolute atomic E-state index is 0.126. The zero-order valence-corrected chi connectivity index (χ0v) is 11.0. The molecule has 16 heavy (non-hydrogen) atoms. The van der Waals surface area contributed by atoms with Gasteiger partial charge < -0.3 is 10.8 Å². The van der Waals surface area contributed by atoms with E-state index >= 15 is 0 Å². The van der Waals surface area contributed by atoms with Crippen molar-refractivity contribution in [2.45, 2.75) is 77.4 Å². The summed E-state index contributed by atoms with van der Waals surface area (Å²) in [6.07, 6.45) is 13.7. The van der Waals surface area contributed by atoms with Crippen molar-refractivity contribution in [2.24, 2.45) is 5.73 Å². The van der Waals surface area contributed by atoms with Crippen molar-refractivity contribution < 1.29 is 5.11 Å². The first kappa shape index (κ1) is 15.7.